The van der Waals surface area contributed by atoms with E-state index in [9.17, 15) is 4.79 Å². The van der Waals surface area contributed by atoms with Crippen LogP contribution in [0.5, 0.6) is 0 Å². The predicted molar refractivity (Wildman–Crippen MR) is 111 cm³/mol. The van der Waals surface area contributed by atoms with Crippen molar-refractivity contribution in [1.82, 2.24) is 19.6 Å². The predicted octanol–water partition coefficient (Wildman–Crippen LogP) is 4.76. The summed E-state index contributed by atoms with van der Waals surface area (Å²) in [5.74, 6) is -0.175. The Hall–Kier alpha value is -1.83. The van der Waals surface area contributed by atoms with Gasteiger partial charge in [-0.3, -0.25) is 14.2 Å². The van der Waals surface area contributed by atoms with Crippen molar-refractivity contribution in [3.05, 3.63) is 61.6 Å². The van der Waals surface area contributed by atoms with Crippen molar-refractivity contribution in [3.63, 3.8) is 0 Å². The molecule has 9 heteroatoms. The fraction of sp³-hybridized carbons (Fsp3) is 0.278. The van der Waals surface area contributed by atoms with Crippen molar-refractivity contribution in [2.24, 2.45) is 0 Å². The van der Waals surface area contributed by atoms with Gasteiger partial charge in [-0.1, -0.05) is 29.3 Å². The lowest BCUT2D eigenvalue weighted by atomic mass is 10.2. The Morgan fingerprint density at radius 3 is 2.41 bits per heavy atom. The number of carbonyl (C=O) groups excluding carboxylic acids is 1. The van der Waals surface area contributed by atoms with Crippen LogP contribution < -0.4 is 5.32 Å². The number of amides is 1. The molecule has 0 saturated heterocycles. The largest absolute Gasteiger partial charge is 0.321 e. The van der Waals surface area contributed by atoms with E-state index in [0.717, 1.165) is 27.1 Å². The first-order valence-corrected chi connectivity index (χ1v) is 9.77. The quantitative estimate of drug-likeness (QED) is 0.584. The van der Waals surface area contributed by atoms with Crippen LogP contribution in [0.1, 0.15) is 22.6 Å². The smallest absolute Gasteiger partial charge is 0.246 e. The lowest BCUT2D eigenvalue weighted by Gasteiger charge is -2.10. The van der Waals surface area contributed by atoms with Crippen LogP contribution in [0.15, 0.2) is 28.9 Å². The molecule has 1 N–H and O–H groups in total. The van der Waals surface area contributed by atoms with E-state index in [1.165, 1.54) is 0 Å². The van der Waals surface area contributed by atoms with Crippen LogP contribution in [-0.2, 0) is 17.9 Å². The Morgan fingerprint density at radius 2 is 1.81 bits per heavy atom. The van der Waals surface area contributed by atoms with Crippen molar-refractivity contribution in [3.8, 4) is 0 Å². The molecule has 0 aliphatic rings. The summed E-state index contributed by atoms with van der Waals surface area (Å²) < 4.78 is 4.24. The molecule has 0 saturated carbocycles. The van der Waals surface area contributed by atoms with E-state index in [2.05, 4.69) is 31.4 Å². The molecule has 0 fully saturated rings. The number of hydrogen-bond donors (Lipinski definition) is 1. The Labute approximate surface area is 175 Å². The lowest BCUT2D eigenvalue weighted by Crippen LogP contribution is -2.20. The molecule has 0 radical (unpaired) electrons. The third-order valence-electron chi connectivity index (χ3n) is 4.21. The Bertz CT molecular complexity index is 972. The highest BCUT2D eigenvalue weighted by Gasteiger charge is 2.17. The van der Waals surface area contributed by atoms with Crippen LogP contribution >= 0.6 is 39.1 Å². The van der Waals surface area contributed by atoms with Gasteiger partial charge in [0.1, 0.15) is 6.54 Å². The monoisotopic (exact) mass is 469 g/mol. The highest BCUT2D eigenvalue weighted by atomic mass is 79.9. The molecule has 1 amide bonds. The van der Waals surface area contributed by atoms with Crippen LogP contribution in [-0.4, -0.2) is 25.5 Å². The van der Waals surface area contributed by atoms with E-state index in [4.69, 9.17) is 23.2 Å². The average molecular weight is 471 g/mol. The highest BCUT2D eigenvalue weighted by Crippen LogP contribution is 2.27. The number of rotatable bonds is 5. The maximum Gasteiger partial charge on any atom is 0.246 e. The standard InChI is InChI=1S/C18H18BrCl2N5O/c1-10-14(19)8-25(23-10)9-17(27)22-18-11(2)24-26(12(18)3)7-13-15(20)5-4-6-16(13)21/h4-6,8H,7,9H2,1-3H3,(H,22,27). The van der Waals surface area contributed by atoms with Gasteiger partial charge in [0.25, 0.3) is 0 Å². The zero-order valence-electron chi connectivity index (χ0n) is 15.1. The van der Waals surface area contributed by atoms with Gasteiger partial charge in [0.05, 0.1) is 33.8 Å². The molecule has 0 spiro atoms. The number of benzene rings is 1. The Kier molecular flexibility index (Phi) is 5.93. The van der Waals surface area contributed by atoms with Crippen LogP contribution in [0.25, 0.3) is 0 Å². The third-order valence-corrected chi connectivity index (χ3v) is 5.69. The lowest BCUT2D eigenvalue weighted by molar-refractivity contribution is -0.116. The normalized spacial score (nSPS) is 11.0. The van der Waals surface area contributed by atoms with E-state index < -0.39 is 0 Å². The Morgan fingerprint density at radius 1 is 1.15 bits per heavy atom. The molecule has 1 aromatic carbocycles. The number of anilines is 1. The van der Waals surface area contributed by atoms with Crippen LogP contribution in [0.3, 0.4) is 0 Å². The average Bonchev–Trinajstić information content (AvgIpc) is 3.04. The molecule has 0 bridgehead atoms. The molecular weight excluding hydrogens is 453 g/mol. The summed E-state index contributed by atoms with van der Waals surface area (Å²) in [6.45, 7) is 6.16. The molecule has 6 nitrogen and oxygen atoms in total. The molecular formula is C18H18BrCl2N5O. The number of aryl methyl sites for hydroxylation is 2. The second-order valence-electron chi connectivity index (χ2n) is 6.21. The highest BCUT2D eigenvalue weighted by molar-refractivity contribution is 9.10. The first kappa shape index (κ1) is 19.9. The number of halogens is 3. The molecule has 2 aromatic heterocycles. The van der Waals surface area contributed by atoms with E-state index in [-0.39, 0.29) is 12.5 Å². The summed E-state index contributed by atoms with van der Waals surface area (Å²) >= 11 is 15.9. The third kappa shape index (κ3) is 4.36. The minimum Gasteiger partial charge on any atom is -0.321 e. The molecule has 0 atom stereocenters. The summed E-state index contributed by atoms with van der Waals surface area (Å²) in [4.78, 5) is 12.4. The maximum atomic E-state index is 12.4. The molecule has 0 aliphatic heterocycles. The fourth-order valence-electron chi connectivity index (χ4n) is 2.77. The molecule has 142 valence electrons. The molecule has 3 aromatic rings. The zero-order chi connectivity index (χ0) is 19.7. The summed E-state index contributed by atoms with van der Waals surface area (Å²) in [6.07, 6.45) is 1.78. The van der Waals surface area contributed by atoms with E-state index in [1.54, 1.807) is 33.8 Å². The summed E-state index contributed by atoms with van der Waals surface area (Å²) in [6, 6.07) is 5.39. The first-order chi connectivity index (χ1) is 12.8. The minimum atomic E-state index is -0.175. The van der Waals surface area contributed by atoms with Crippen LogP contribution in [0, 0.1) is 20.8 Å². The molecule has 0 aliphatic carbocycles. The van der Waals surface area contributed by atoms with E-state index in [1.807, 2.05) is 20.8 Å². The Balaban J connectivity index is 1.78. The summed E-state index contributed by atoms with van der Waals surface area (Å²) in [5.41, 5.74) is 3.86. The number of nitrogens with zero attached hydrogens (tertiary/aromatic N) is 4. The number of nitrogens with one attached hydrogen (secondary N) is 1. The topological polar surface area (TPSA) is 64.7 Å². The molecule has 2 heterocycles. The van der Waals surface area contributed by atoms with Gasteiger partial charge in [0.2, 0.25) is 5.91 Å². The molecule has 0 unspecified atom stereocenters. The second-order valence-corrected chi connectivity index (χ2v) is 7.88. The van der Waals surface area contributed by atoms with Crippen molar-refractivity contribution in [2.75, 3.05) is 5.32 Å². The van der Waals surface area contributed by atoms with Gasteiger partial charge >= 0.3 is 0 Å². The van der Waals surface area contributed by atoms with Gasteiger partial charge in [0.15, 0.2) is 0 Å². The van der Waals surface area contributed by atoms with Gasteiger partial charge in [-0.05, 0) is 48.8 Å². The van der Waals surface area contributed by atoms with Crippen molar-refractivity contribution in [1.29, 1.82) is 0 Å². The van der Waals surface area contributed by atoms with Gasteiger partial charge in [0, 0.05) is 21.8 Å². The first-order valence-electron chi connectivity index (χ1n) is 8.22. The fourth-order valence-corrected chi connectivity index (χ4v) is 3.60. The van der Waals surface area contributed by atoms with Crippen molar-refractivity contribution < 1.29 is 4.79 Å². The summed E-state index contributed by atoms with van der Waals surface area (Å²) in [5, 5.41) is 12.9. The maximum absolute atomic E-state index is 12.4. The van der Waals surface area contributed by atoms with Gasteiger partial charge in [-0.25, -0.2) is 0 Å². The SMILES string of the molecule is Cc1nn(CC(=O)Nc2c(C)nn(Cc3c(Cl)cccc3Cl)c2C)cc1Br. The van der Waals surface area contributed by atoms with E-state index >= 15 is 0 Å². The minimum absolute atomic E-state index is 0.118. The van der Waals surface area contributed by atoms with Crippen LogP contribution in [0.2, 0.25) is 10.0 Å². The van der Waals surface area contributed by atoms with Crippen molar-refractivity contribution in [2.45, 2.75) is 33.9 Å². The molecule has 3 rings (SSSR count). The number of carbonyl (C=O) groups is 1. The number of aromatic nitrogens is 4. The van der Waals surface area contributed by atoms with E-state index in [0.29, 0.717) is 22.3 Å². The number of hydrogen-bond acceptors (Lipinski definition) is 3. The van der Waals surface area contributed by atoms with Gasteiger partial charge < -0.3 is 5.32 Å². The second kappa shape index (κ2) is 8.04. The van der Waals surface area contributed by atoms with Crippen LogP contribution in [0.4, 0.5) is 5.69 Å². The van der Waals surface area contributed by atoms with Crippen molar-refractivity contribution >= 4 is 50.7 Å². The van der Waals surface area contributed by atoms with Gasteiger partial charge in [-0.15, -0.1) is 0 Å². The zero-order valence-corrected chi connectivity index (χ0v) is 18.2. The molecule has 27 heavy (non-hydrogen) atoms. The summed E-state index contributed by atoms with van der Waals surface area (Å²) in [7, 11) is 0. The van der Waals surface area contributed by atoms with Gasteiger partial charge in [-0.2, -0.15) is 10.2 Å².